The fraction of sp³-hybridized carbons (Fsp3) is 0.947. The molecule has 0 N–H and O–H groups in total. The van der Waals surface area contributed by atoms with Gasteiger partial charge < -0.3 is 9.35 Å². The van der Waals surface area contributed by atoms with E-state index in [4.69, 9.17) is 4.79 Å². The predicted molar refractivity (Wildman–Crippen MR) is 102 cm³/mol. The monoisotopic (exact) mass is 402 g/mol. The summed E-state index contributed by atoms with van der Waals surface area (Å²) in [5, 5.41) is 0. The van der Waals surface area contributed by atoms with Gasteiger partial charge in [-0.2, -0.15) is 0 Å². The Hall–Kier alpha value is 0.540. The van der Waals surface area contributed by atoms with Crippen LogP contribution in [-0.2, 0) is 19.4 Å². The van der Waals surface area contributed by atoms with Crippen LogP contribution in [-0.4, -0.2) is 26.4 Å². The first-order chi connectivity index (χ1) is 12.1. The summed E-state index contributed by atoms with van der Waals surface area (Å²) in [4.78, 5) is 8.00. The van der Waals surface area contributed by atoms with Crippen LogP contribution in [0.25, 0.3) is 0 Å². The molecule has 152 valence electrons. The number of carbonyl (C=O) groups is 1. The van der Waals surface area contributed by atoms with E-state index in [-0.39, 0.29) is 36.2 Å². The Bertz CT molecular complexity index is 350. The normalized spacial score (nSPS) is 10.7. The van der Waals surface area contributed by atoms with Gasteiger partial charge in [0.05, 0.1) is 6.61 Å². The third-order valence-corrected chi connectivity index (χ3v) is 4.68. The van der Waals surface area contributed by atoms with E-state index in [2.05, 4.69) is 11.1 Å². The molecule has 5 nitrogen and oxygen atoms in total. The van der Waals surface area contributed by atoms with E-state index < -0.39 is 10.4 Å². The van der Waals surface area contributed by atoms with Gasteiger partial charge in [0.1, 0.15) is 6.79 Å². The number of rotatable bonds is 18. The predicted octanol–water partition coefficient (Wildman–Crippen LogP) is 2.54. The van der Waals surface area contributed by atoms with Crippen molar-refractivity contribution in [2.75, 3.05) is 6.61 Å². The van der Waals surface area contributed by atoms with Crippen LogP contribution < -0.4 is 29.6 Å². The summed E-state index contributed by atoms with van der Waals surface area (Å²) in [6.07, 6.45) is 20.3. The van der Waals surface area contributed by atoms with Crippen LogP contribution in [0, 0.1) is 0 Å². The molecule has 0 aromatic carbocycles. The molecule has 0 atom stereocenters. The summed E-state index contributed by atoms with van der Waals surface area (Å²) in [6, 6.07) is 0. The summed E-state index contributed by atoms with van der Waals surface area (Å²) < 4.78 is 34.8. The zero-order valence-electron chi connectivity index (χ0n) is 17.2. The van der Waals surface area contributed by atoms with Crippen LogP contribution in [0.5, 0.6) is 0 Å². The molecule has 0 bridgehead atoms. The number of hydrogen-bond donors (Lipinski definition) is 0. The van der Waals surface area contributed by atoms with E-state index in [1.807, 2.05) is 6.79 Å². The first-order valence-corrected chi connectivity index (χ1v) is 11.3. The molecule has 0 saturated heterocycles. The minimum atomic E-state index is -4.49. The van der Waals surface area contributed by atoms with Crippen molar-refractivity contribution in [3.05, 3.63) is 0 Å². The number of unbranched alkanes of at least 4 members (excludes halogenated alkanes) is 15. The van der Waals surface area contributed by atoms with Crippen molar-refractivity contribution in [1.82, 2.24) is 0 Å². The summed E-state index contributed by atoms with van der Waals surface area (Å²) in [5.41, 5.74) is 0. The molecule has 7 heteroatoms. The first-order valence-electron chi connectivity index (χ1n) is 9.95. The average molecular weight is 403 g/mol. The molecule has 0 aromatic heterocycles. The van der Waals surface area contributed by atoms with Gasteiger partial charge in [0.2, 0.25) is 10.4 Å². The van der Waals surface area contributed by atoms with Crippen molar-refractivity contribution in [2.24, 2.45) is 0 Å². The maximum absolute atomic E-state index is 10.2. The molecule has 0 aliphatic rings. The molecule has 0 amide bonds. The van der Waals surface area contributed by atoms with E-state index in [9.17, 15) is 13.0 Å². The zero-order valence-corrected chi connectivity index (χ0v) is 20.0. The SMILES string of the molecule is C=O.CCCCCCCCCCCCCCCCCCOS(=O)(=O)[O-].[Na+]. The molecule has 0 aromatic rings. The van der Waals surface area contributed by atoms with Gasteiger partial charge in [0.15, 0.2) is 0 Å². The maximum Gasteiger partial charge on any atom is 1.00 e. The molecule has 26 heavy (non-hydrogen) atoms. The Balaban J connectivity index is -0.00000170. The largest absolute Gasteiger partial charge is 1.00 e. The molecule has 0 aliphatic heterocycles. The van der Waals surface area contributed by atoms with Crippen molar-refractivity contribution >= 4 is 17.2 Å². The minimum Gasteiger partial charge on any atom is -0.726 e. The minimum absolute atomic E-state index is 0. The van der Waals surface area contributed by atoms with Gasteiger partial charge in [0.25, 0.3) is 0 Å². The third kappa shape index (κ3) is 32.2. The van der Waals surface area contributed by atoms with Crippen molar-refractivity contribution < 1.29 is 51.5 Å². The summed E-state index contributed by atoms with van der Waals surface area (Å²) >= 11 is 0. The van der Waals surface area contributed by atoms with Gasteiger partial charge in [-0.15, -0.1) is 0 Å². The van der Waals surface area contributed by atoms with Crippen molar-refractivity contribution in [3.63, 3.8) is 0 Å². The van der Waals surface area contributed by atoms with Crippen LogP contribution in [0.2, 0.25) is 0 Å². The molecule has 0 fully saturated rings. The molecular formula is C19H39NaO5S. The van der Waals surface area contributed by atoms with Gasteiger partial charge in [-0.1, -0.05) is 103 Å². The third-order valence-electron chi connectivity index (χ3n) is 4.23. The molecule has 0 radical (unpaired) electrons. The number of hydrogen-bond acceptors (Lipinski definition) is 5. The topological polar surface area (TPSA) is 83.5 Å². The van der Waals surface area contributed by atoms with E-state index in [1.54, 1.807) is 0 Å². The molecule has 0 saturated carbocycles. The summed E-state index contributed by atoms with van der Waals surface area (Å²) in [7, 11) is -4.49. The Labute approximate surface area is 184 Å². The second-order valence-corrected chi connectivity index (χ2v) is 7.59. The smallest absolute Gasteiger partial charge is 0.726 e. The Morgan fingerprint density at radius 2 is 0.923 bits per heavy atom. The van der Waals surface area contributed by atoms with Crippen LogP contribution in [0.3, 0.4) is 0 Å². The second kappa shape index (κ2) is 25.5. The summed E-state index contributed by atoms with van der Waals surface area (Å²) in [5.74, 6) is 0. The molecule has 0 aliphatic carbocycles. The standard InChI is InChI=1S/C18H38O4S.CH2O.Na/c1-2-3-4-5-6-7-8-9-10-11-12-13-14-15-16-17-18-22-23(19,20)21;1-2;/h2-18H2,1H3,(H,19,20,21);1H2;/q;;+1/p-1. The van der Waals surface area contributed by atoms with Crippen LogP contribution in [0.1, 0.15) is 110 Å². The molecule has 0 rings (SSSR count). The van der Waals surface area contributed by atoms with E-state index in [1.165, 1.54) is 83.5 Å². The van der Waals surface area contributed by atoms with E-state index >= 15 is 0 Å². The number of carbonyl (C=O) groups excluding carboxylic acids is 1. The Kier molecular flexibility index (Phi) is 30.7. The Morgan fingerprint density at radius 1 is 0.654 bits per heavy atom. The van der Waals surface area contributed by atoms with E-state index in [0.29, 0.717) is 6.42 Å². The van der Waals surface area contributed by atoms with Gasteiger partial charge in [-0.05, 0) is 6.42 Å². The van der Waals surface area contributed by atoms with E-state index in [0.717, 1.165) is 12.8 Å². The van der Waals surface area contributed by atoms with Gasteiger partial charge in [-0.25, -0.2) is 8.42 Å². The molecular weight excluding hydrogens is 363 g/mol. The van der Waals surface area contributed by atoms with Crippen LogP contribution >= 0.6 is 0 Å². The van der Waals surface area contributed by atoms with Gasteiger partial charge >= 0.3 is 29.6 Å². The van der Waals surface area contributed by atoms with Crippen molar-refractivity contribution in [1.29, 1.82) is 0 Å². The fourth-order valence-electron chi connectivity index (χ4n) is 2.81. The van der Waals surface area contributed by atoms with Crippen molar-refractivity contribution in [2.45, 2.75) is 110 Å². The second-order valence-electron chi connectivity index (χ2n) is 6.53. The zero-order chi connectivity index (χ0) is 19.2. The summed E-state index contributed by atoms with van der Waals surface area (Å²) in [6.45, 7) is 4.29. The van der Waals surface area contributed by atoms with Crippen molar-refractivity contribution in [3.8, 4) is 0 Å². The van der Waals surface area contributed by atoms with Gasteiger partial charge in [0, 0.05) is 0 Å². The van der Waals surface area contributed by atoms with Gasteiger partial charge in [-0.3, -0.25) is 4.18 Å². The average Bonchev–Trinajstić information content (AvgIpc) is 2.58. The molecule has 0 unspecified atom stereocenters. The van der Waals surface area contributed by atoms with Crippen LogP contribution in [0.15, 0.2) is 0 Å². The molecule has 0 spiro atoms. The Morgan fingerprint density at radius 3 is 1.19 bits per heavy atom. The quantitative estimate of drug-likeness (QED) is 0.152. The first kappa shape index (κ1) is 31.2. The van der Waals surface area contributed by atoms with Crippen LogP contribution in [0.4, 0.5) is 0 Å². The molecule has 0 heterocycles. The fourth-order valence-corrected chi connectivity index (χ4v) is 3.13. The maximum atomic E-state index is 10.2.